The zero-order valence-corrected chi connectivity index (χ0v) is 14.3. The van der Waals surface area contributed by atoms with E-state index in [4.69, 9.17) is 10.5 Å². The number of ether oxygens (including phenoxy) is 1. The first-order valence-electron chi connectivity index (χ1n) is 8.27. The molecule has 0 aliphatic heterocycles. The van der Waals surface area contributed by atoms with Crippen molar-refractivity contribution in [3.05, 3.63) is 48.0 Å². The molecule has 2 rings (SSSR count). The third-order valence-corrected chi connectivity index (χ3v) is 3.58. The molecule has 0 aliphatic rings. The normalized spacial score (nSPS) is 10.2. The van der Waals surface area contributed by atoms with Crippen LogP contribution in [0.1, 0.15) is 31.7 Å². The smallest absolute Gasteiger partial charge is 0.319 e. The second-order valence-electron chi connectivity index (χ2n) is 5.74. The van der Waals surface area contributed by atoms with E-state index in [1.807, 2.05) is 37.3 Å². The standard InChI is InChI=1S/C19H25N3O2/c1-3-4-5-11-21-19(23)22-16-7-6-8-17(13-16)24-18-10-9-15(20)12-14(18)2/h6-10,12-13H,3-5,11,20H2,1-2H3,(H2,21,22,23). The lowest BCUT2D eigenvalue weighted by Gasteiger charge is -2.11. The minimum absolute atomic E-state index is 0.202. The number of carbonyl (C=O) groups is 1. The molecule has 0 saturated carbocycles. The zero-order valence-electron chi connectivity index (χ0n) is 14.3. The highest BCUT2D eigenvalue weighted by atomic mass is 16.5. The maximum absolute atomic E-state index is 11.9. The third kappa shape index (κ3) is 5.50. The van der Waals surface area contributed by atoms with Crippen molar-refractivity contribution in [2.75, 3.05) is 17.6 Å². The van der Waals surface area contributed by atoms with Gasteiger partial charge in [0.05, 0.1) is 0 Å². The van der Waals surface area contributed by atoms with Gasteiger partial charge in [0.25, 0.3) is 0 Å². The van der Waals surface area contributed by atoms with Gasteiger partial charge in [-0.25, -0.2) is 4.79 Å². The van der Waals surface area contributed by atoms with Crippen molar-refractivity contribution in [1.82, 2.24) is 5.32 Å². The topological polar surface area (TPSA) is 76.4 Å². The SMILES string of the molecule is CCCCCNC(=O)Nc1cccc(Oc2ccc(N)cc2C)c1. The van der Waals surface area contributed by atoms with E-state index in [-0.39, 0.29) is 6.03 Å². The first-order valence-corrected chi connectivity index (χ1v) is 8.27. The Bertz CT molecular complexity index is 686. The molecule has 5 heteroatoms. The Morgan fingerprint density at radius 2 is 2.00 bits per heavy atom. The molecule has 2 aromatic carbocycles. The minimum Gasteiger partial charge on any atom is -0.457 e. The van der Waals surface area contributed by atoms with E-state index in [0.29, 0.717) is 23.7 Å². The molecule has 0 fully saturated rings. The second kappa shape index (κ2) is 8.82. The maximum atomic E-state index is 11.9. The highest BCUT2D eigenvalue weighted by Crippen LogP contribution is 2.28. The summed E-state index contributed by atoms with van der Waals surface area (Å²) in [6.45, 7) is 4.76. The third-order valence-electron chi connectivity index (χ3n) is 3.58. The van der Waals surface area contributed by atoms with E-state index in [1.165, 1.54) is 0 Å². The fourth-order valence-electron chi connectivity index (χ4n) is 2.30. The summed E-state index contributed by atoms with van der Waals surface area (Å²) in [7, 11) is 0. The summed E-state index contributed by atoms with van der Waals surface area (Å²) in [5, 5.41) is 5.66. The van der Waals surface area contributed by atoms with Crippen molar-refractivity contribution >= 4 is 17.4 Å². The van der Waals surface area contributed by atoms with Crippen molar-refractivity contribution in [1.29, 1.82) is 0 Å². The van der Waals surface area contributed by atoms with E-state index >= 15 is 0 Å². The van der Waals surface area contributed by atoms with Crippen LogP contribution in [0.15, 0.2) is 42.5 Å². The van der Waals surface area contributed by atoms with Crippen LogP contribution in [0.2, 0.25) is 0 Å². The van der Waals surface area contributed by atoms with Crippen LogP contribution >= 0.6 is 0 Å². The van der Waals surface area contributed by atoms with Gasteiger partial charge in [0.2, 0.25) is 0 Å². The summed E-state index contributed by atoms with van der Waals surface area (Å²) in [5.41, 5.74) is 8.10. The molecule has 5 nitrogen and oxygen atoms in total. The van der Waals surface area contributed by atoms with E-state index in [0.717, 1.165) is 30.6 Å². The van der Waals surface area contributed by atoms with Crippen LogP contribution in [0.25, 0.3) is 0 Å². The predicted molar refractivity (Wildman–Crippen MR) is 98.7 cm³/mol. The van der Waals surface area contributed by atoms with Gasteiger partial charge in [0.15, 0.2) is 0 Å². The molecule has 0 aliphatic carbocycles. The monoisotopic (exact) mass is 327 g/mol. The largest absolute Gasteiger partial charge is 0.457 e. The molecule has 0 saturated heterocycles. The Kier molecular flexibility index (Phi) is 6.49. The van der Waals surface area contributed by atoms with E-state index in [2.05, 4.69) is 17.6 Å². The lowest BCUT2D eigenvalue weighted by molar-refractivity contribution is 0.252. The van der Waals surface area contributed by atoms with E-state index in [1.54, 1.807) is 12.1 Å². The molecule has 128 valence electrons. The number of urea groups is 1. The molecular formula is C19H25N3O2. The van der Waals surface area contributed by atoms with Gasteiger partial charge in [0, 0.05) is 24.0 Å². The molecular weight excluding hydrogens is 302 g/mol. The summed E-state index contributed by atoms with van der Waals surface area (Å²) >= 11 is 0. The van der Waals surface area contributed by atoms with Crippen LogP contribution in [-0.4, -0.2) is 12.6 Å². The number of anilines is 2. The van der Waals surface area contributed by atoms with Crippen LogP contribution in [0, 0.1) is 6.92 Å². The van der Waals surface area contributed by atoms with Crippen molar-refractivity contribution in [3.63, 3.8) is 0 Å². The molecule has 0 unspecified atom stereocenters. The van der Waals surface area contributed by atoms with Crippen molar-refractivity contribution in [3.8, 4) is 11.5 Å². The quantitative estimate of drug-likeness (QED) is 0.510. The number of nitrogens with two attached hydrogens (primary N) is 1. The average Bonchev–Trinajstić information content (AvgIpc) is 2.55. The van der Waals surface area contributed by atoms with Crippen LogP contribution < -0.4 is 21.1 Å². The number of hydrogen-bond acceptors (Lipinski definition) is 3. The highest BCUT2D eigenvalue weighted by Gasteiger charge is 2.05. The number of hydrogen-bond donors (Lipinski definition) is 3. The number of carbonyl (C=O) groups excluding carboxylic acids is 1. The molecule has 2 amide bonds. The van der Waals surface area contributed by atoms with Gasteiger partial charge in [-0.3, -0.25) is 0 Å². The molecule has 2 aromatic rings. The number of benzene rings is 2. The number of amides is 2. The predicted octanol–water partition coefficient (Wildman–Crippen LogP) is 4.68. The molecule has 0 aromatic heterocycles. The van der Waals surface area contributed by atoms with Crippen LogP contribution in [0.4, 0.5) is 16.2 Å². The summed E-state index contributed by atoms with van der Waals surface area (Å²) in [6, 6.07) is 12.6. The summed E-state index contributed by atoms with van der Waals surface area (Å²) in [4.78, 5) is 11.9. The molecule has 4 N–H and O–H groups in total. The van der Waals surface area contributed by atoms with Gasteiger partial charge in [0.1, 0.15) is 11.5 Å². The molecule has 0 radical (unpaired) electrons. The number of nitrogen functional groups attached to an aromatic ring is 1. The Labute approximate surface area is 143 Å². The number of unbranched alkanes of at least 4 members (excludes halogenated alkanes) is 2. The van der Waals surface area contributed by atoms with Crippen molar-refractivity contribution in [2.24, 2.45) is 0 Å². The van der Waals surface area contributed by atoms with Crippen LogP contribution in [-0.2, 0) is 0 Å². The molecule has 0 atom stereocenters. The van der Waals surface area contributed by atoms with Gasteiger partial charge in [-0.1, -0.05) is 25.8 Å². The Morgan fingerprint density at radius 3 is 2.75 bits per heavy atom. The molecule has 0 spiro atoms. The highest BCUT2D eigenvalue weighted by molar-refractivity contribution is 5.89. The summed E-state index contributed by atoms with van der Waals surface area (Å²) in [6.07, 6.45) is 3.24. The van der Waals surface area contributed by atoms with Gasteiger partial charge < -0.3 is 21.1 Å². The first kappa shape index (κ1) is 17.7. The van der Waals surface area contributed by atoms with Crippen molar-refractivity contribution in [2.45, 2.75) is 33.1 Å². The van der Waals surface area contributed by atoms with Crippen LogP contribution in [0.5, 0.6) is 11.5 Å². The molecule has 24 heavy (non-hydrogen) atoms. The summed E-state index contributed by atoms with van der Waals surface area (Å²) in [5.74, 6) is 1.40. The number of aryl methyl sites for hydroxylation is 1. The van der Waals surface area contributed by atoms with E-state index < -0.39 is 0 Å². The number of nitrogens with one attached hydrogen (secondary N) is 2. The Hall–Kier alpha value is -2.69. The molecule has 0 bridgehead atoms. The van der Waals surface area contributed by atoms with Gasteiger partial charge >= 0.3 is 6.03 Å². The average molecular weight is 327 g/mol. The second-order valence-corrected chi connectivity index (χ2v) is 5.74. The van der Waals surface area contributed by atoms with Crippen LogP contribution in [0.3, 0.4) is 0 Å². The van der Waals surface area contributed by atoms with Gasteiger partial charge in [-0.15, -0.1) is 0 Å². The van der Waals surface area contributed by atoms with Gasteiger partial charge in [-0.2, -0.15) is 0 Å². The lowest BCUT2D eigenvalue weighted by atomic mass is 10.2. The van der Waals surface area contributed by atoms with E-state index in [9.17, 15) is 4.79 Å². The van der Waals surface area contributed by atoms with Crippen molar-refractivity contribution < 1.29 is 9.53 Å². The Balaban J connectivity index is 1.94. The van der Waals surface area contributed by atoms with Gasteiger partial charge in [-0.05, 0) is 49.2 Å². The summed E-state index contributed by atoms with van der Waals surface area (Å²) < 4.78 is 5.87. The fraction of sp³-hybridized carbons (Fsp3) is 0.316. The zero-order chi connectivity index (χ0) is 17.4. The fourth-order valence-corrected chi connectivity index (χ4v) is 2.30. The number of rotatable bonds is 7. The first-order chi connectivity index (χ1) is 11.6. The molecule has 0 heterocycles. The minimum atomic E-state index is -0.202. The maximum Gasteiger partial charge on any atom is 0.319 e. The lowest BCUT2D eigenvalue weighted by Crippen LogP contribution is -2.29. The Morgan fingerprint density at radius 1 is 1.17 bits per heavy atom.